The Morgan fingerprint density at radius 2 is 1.76 bits per heavy atom. The van der Waals surface area contributed by atoms with Crippen molar-refractivity contribution in [2.24, 2.45) is 0 Å². The first-order chi connectivity index (χ1) is 16.3. The third kappa shape index (κ3) is 4.15. The fraction of sp³-hybridized carbons (Fsp3) is 0.214. The molecule has 0 aliphatic carbocycles. The van der Waals surface area contributed by atoms with Gasteiger partial charge in [0.05, 0.1) is 25.3 Å². The molecule has 1 aliphatic rings. The van der Waals surface area contributed by atoms with Crippen LogP contribution in [0.3, 0.4) is 0 Å². The SMILES string of the molecule is CCOc1cccc(N2C(=O)C(=O)/C(=C(/O)c3ccc(OC)c(C)c3)C2c2cccc(C)c2)c1. The van der Waals surface area contributed by atoms with Crippen molar-refractivity contribution in [3.05, 3.63) is 94.6 Å². The van der Waals surface area contributed by atoms with Crippen LogP contribution in [-0.4, -0.2) is 30.5 Å². The number of aliphatic hydroxyl groups is 1. The van der Waals surface area contributed by atoms with Gasteiger partial charge in [-0.25, -0.2) is 0 Å². The van der Waals surface area contributed by atoms with Gasteiger partial charge >= 0.3 is 0 Å². The minimum atomic E-state index is -0.792. The maximum Gasteiger partial charge on any atom is 0.300 e. The molecule has 174 valence electrons. The summed E-state index contributed by atoms with van der Waals surface area (Å²) in [5.41, 5.74) is 3.51. The van der Waals surface area contributed by atoms with Gasteiger partial charge < -0.3 is 14.6 Å². The van der Waals surface area contributed by atoms with E-state index in [9.17, 15) is 14.7 Å². The van der Waals surface area contributed by atoms with Crippen molar-refractivity contribution >= 4 is 23.1 Å². The fourth-order valence-corrected chi connectivity index (χ4v) is 4.33. The normalized spacial score (nSPS) is 17.2. The predicted molar refractivity (Wildman–Crippen MR) is 131 cm³/mol. The Labute approximate surface area is 199 Å². The molecule has 1 N–H and O–H groups in total. The number of nitrogens with zero attached hydrogens (tertiary/aromatic N) is 1. The van der Waals surface area contributed by atoms with Crippen molar-refractivity contribution in [3.63, 3.8) is 0 Å². The molecule has 34 heavy (non-hydrogen) atoms. The van der Waals surface area contributed by atoms with Crippen LogP contribution in [0.4, 0.5) is 5.69 Å². The number of methoxy groups -OCH3 is 1. The summed E-state index contributed by atoms with van der Waals surface area (Å²) in [7, 11) is 1.57. The lowest BCUT2D eigenvalue weighted by molar-refractivity contribution is -0.132. The molecular weight excluding hydrogens is 430 g/mol. The molecule has 1 heterocycles. The topological polar surface area (TPSA) is 76.1 Å². The Hall–Kier alpha value is -4.06. The summed E-state index contributed by atoms with van der Waals surface area (Å²) >= 11 is 0. The van der Waals surface area contributed by atoms with E-state index < -0.39 is 17.7 Å². The van der Waals surface area contributed by atoms with Crippen molar-refractivity contribution in [2.45, 2.75) is 26.8 Å². The lowest BCUT2D eigenvalue weighted by Crippen LogP contribution is -2.29. The summed E-state index contributed by atoms with van der Waals surface area (Å²) in [4.78, 5) is 28.1. The van der Waals surface area contributed by atoms with Crippen LogP contribution in [0.1, 0.15) is 35.2 Å². The highest BCUT2D eigenvalue weighted by molar-refractivity contribution is 6.51. The monoisotopic (exact) mass is 457 g/mol. The summed E-state index contributed by atoms with van der Waals surface area (Å²) in [5.74, 6) is -0.402. The Kier molecular flexibility index (Phi) is 6.41. The number of aryl methyl sites for hydroxylation is 2. The average molecular weight is 458 g/mol. The molecular formula is C28H27NO5. The Bertz CT molecular complexity index is 1290. The van der Waals surface area contributed by atoms with E-state index >= 15 is 0 Å². The summed E-state index contributed by atoms with van der Waals surface area (Å²) in [5, 5.41) is 11.3. The van der Waals surface area contributed by atoms with E-state index in [1.54, 1.807) is 49.6 Å². The van der Waals surface area contributed by atoms with Gasteiger partial charge in [-0.2, -0.15) is 0 Å². The second kappa shape index (κ2) is 9.43. The molecule has 1 aliphatic heterocycles. The molecule has 0 spiro atoms. The highest BCUT2D eigenvalue weighted by atomic mass is 16.5. The molecule has 6 nitrogen and oxygen atoms in total. The molecule has 0 saturated carbocycles. The van der Waals surface area contributed by atoms with E-state index in [1.165, 1.54) is 4.90 Å². The van der Waals surface area contributed by atoms with E-state index in [2.05, 4.69) is 0 Å². The van der Waals surface area contributed by atoms with Crippen LogP contribution in [0.2, 0.25) is 0 Å². The van der Waals surface area contributed by atoms with Crippen LogP contribution in [0.25, 0.3) is 5.76 Å². The van der Waals surface area contributed by atoms with Crippen LogP contribution in [-0.2, 0) is 9.59 Å². The highest BCUT2D eigenvalue weighted by Crippen LogP contribution is 2.43. The number of ether oxygens (including phenoxy) is 2. The van der Waals surface area contributed by atoms with E-state index in [0.717, 1.165) is 16.7 Å². The molecule has 1 amide bonds. The van der Waals surface area contributed by atoms with Gasteiger partial charge in [-0.15, -0.1) is 0 Å². The number of rotatable bonds is 6. The minimum Gasteiger partial charge on any atom is -0.507 e. The van der Waals surface area contributed by atoms with Crippen molar-refractivity contribution in [1.82, 2.24) is 0 Å². The zero-order chi connectivity index (χ0) is 24.4. The lowest BCUT2D eigenvalue weighted by Gasteiger charge is -2.26. The second-order valence-electron chi connectivity index (χ2n) is 8.20. The quantitative estimate of drug-likeness (QED) is 0.307. The van der Waals surface area contributed by atoms with E-state index in [-0.39, 0.29) is 11.3 Å². The zero-order valence-electron chi connectivity index (χ0n) is 19.7. The van der Waals surface area contributed by atoms with Gasteiger partial charge in [0, 0.05) is 17.3 Å². The molecule has 6 heteroatoms. The first kappa shape index (κ1) is 23.1. The van der Waals surface area contributed by atoms with Crippen molar-refractivity contribution in [3.8, 4) is 11.5 Å². The van der Waals surface area contributed by atoms with Gasteiger partial charge in [-0.1, -0.05) is 35.9 Å². The number of hydrogen-bond donors (Lipinski definition) is 1. The first-order valence-electron chi connectivity index (χ1n) is 11.1. The standard InChI is InChI=1S/C28H27NO5/c1-5-34-22-11-7-10-21(16-22)29-25(19-9-6-8-17(2)14-19)24(27(31)28(29)32)26(30)20-12-13-23(33-4)18(3)15-20/h6-16,25,30H,5H2,1-4H3/b26-24+. The van der Waals surface area contributed by atoms with Crippen molar-refractivity contribution in [1.29, 1.82) is 0 Å². The number of aliphatic hydroxyl groups excluding tert-OH is 1. The molecule has 4 rings (SSSR count). The molecule has 1 unspecified atom stereocenters. The number of hydrogen-bond acceptors (Lipinski definition) is 5. The van der Waals surface area contributed by atoms with Gasteiger partial charge in [0.1, 0.15) is 17.3 Å². The number of benzene rings is 3. The van der Waals surface area contributed by atoms with Gasteiger partial charge in [0.15, 0.2) is 0 Å². The van der Waals surface area contributed by atoms with Gasteiger partial charge in [-0.05, 0) is 62.2 Å². The molecule has 3 aromatic carbocycles. The summed E-state index contributed by atoms with van der Waals surface area (Å²) in [6.45, 7) is 6.15. The summed E-state index contributed by atoms with van der Waals surface area (Å²) in [6, 6.07) is 19.0. The van der Waals surface area contributed by atoms with Crippen molar-refractivity contribution in [2.75, 3.05) is 18.6 Å². The number of Topliss-reactive ketones (excluding diaryl/α,β-unsaturated/α-hetero) is 1. The Morgan fingerprint density at radius 3 is 2.44 bits per heavy atom. The molecule has 1 fully saturated rings. The average Bonchev–Trinajstić information content (AvgIpc) is 3.09. The highest BCUT2D eigenvalue weighted by Gasteiger charge is 2.47. The Balaban J connectivity index is 1.93. The fourth-order valence-electron chi connectivity index (χ4n) is 4.33. The number of ketones is 1. The smallest absolute Gasteiger partial charge is 0.300 e. The minimum absolute atomic E-state index is 0.0435. The summed E-state index contributed by atoms with van der Waals surface area (Å²) < 4.78 is 10.9. The number of amides is 1. The van der Waals surface area contributed by atoms with E-state index in [1.807, 2.05) is 45.0 Å². The number of anilines is 1. The van der Waals surface area contributed by atoms with Crippen LogP contribution in [0.5, 0.6) is 11.5 Å². The van der Waals surface area contributed by atoms with E-state index in [4.69, 9.17) is 9.47 Å². The summed E-state index contributed by atoms with van der Waals surface area (Å²) in [6.07, 6.45) is 0. The van der Waals surface area contributed by atoms with Gasteiger partial charge in [0.25, 0.3) is 11.7 Å². The van der Waals surface area contributed by atoms with Gasteiger partial charge in [-0.3, -0.25) is 14.5 Å². The Morgan fingerprint density at radius 1 is 1.00 bits per heavy atom. The zero-order valence-corrected chi connectivity index (χ0v) is 19.7. The first-order valence-corrected chi connectivity index (χ1v) is 11.1. The molecule has 1 atom stereocenters. The number of carbonyl (C=O) groups excluding carboxylic acids is 2. The van der Waals surface area contributed by atoms with Crippen molar-refractivity contribution < 1.29 is 24.2 Å². The van der Waals surface area contributed by atoms with Crippen LogP contribution in [0.15, 0.2) is 72.3 Å². The maximum atomic E-state index is 13.3. The third-order valence-electron chi connectivity index (χ3n) is 5.88. The molecule has 0 aromatic heterocycles. The maximum absolute atomic E-state index is 13.3. The predicted octanol–water partition coefficient (Wildman–Crippen LogP) is 5.34. The van der Waals surface area contributed by atoms with Crippen LogP contribution >= 0.6 is 0 Å². The largest absolute Gasteiger partial charge is 0.507 e. The molecule has 1 saturated heterocycles. The number of carbonyl (C=O) groups is 2. The molecule has 0 bridgehead atoms. The van der Waals surface area contributed by atoms with Crippen LogP contribution in [0, 0.1) is 13.8 Å². The molecule has 3 aromatic rings. The van der Waals surface area contributed by atoms with Crippen LogP contribution < -0.4 is 14.4 Å². The van der Waals surface area contributed by atoms with E-state index in [0.29, 0.717) is 29.4 Å². The second-order valence-corrected chi connectivity index (χ2v) is 8.20. The lowest BCUT2D eigenvalue weighted by atomic mass is 9.94. The molecule has 0 radical (unpaired) electrons. The third-order valence-corrected chi connectivity index (χ3v) is 5.88. The van der Waals surface area contributed by atoms with Gasteiger partial charge in [0.2, 0.25) is 0 Å².